The van der Waals surface area contributed by atoms with Crippen molar-refractivity contribution >= 4 is 65.1 Å². The number of nitrogens with one attached hydrogen (secondary N) is 3. The van der Waals surface area contributed by atoms with Crippen LogP contribution in [0.4, 0.5) is 0 Å². The Kier molecular flexibility index (Phi) is 11.6. The highest BCUT2D eigenvalue weighted by atomic mass is 127. The van der Waals surface area contributed by atoms with Gasteiger partial charge in [0.1, 0.15) is 15.7 Å². The maximum atomic E-state index is 12.4. The van der Waals surface area contributed by atoms with Gasteiger partial charge in [0.2, 0.25) is 17.7 Å². The smallest absolute Gasteiger partial charge is 0.234 e. The Morgan fingerprint density at radius 3 is 2.29 bits per heavy atom. The van der Waals surface area contributed by atoms with Crippen LogP contribution in [0.5, 0.6) is 0 Å². The molecule has 0 saturated carbocycles. The summed E-state index contributed by atoms with van der Waals surface area (Å²) in [6.45, 7) is 7.60. The van der Waals surface area contributed by atoms with Crippen LogP contribution in [0.15, 0.2) is 0 Å². The lowest BCUT2D eigenvalue weighted by molar-refractivity contribution is -0.127. The fourth-order valence-corrected chi connectivity index (χ4v) is 4.51. The van der Waals surface area contributed by atoms with Gasteiger partial charge in [0.15, 0.2) is 0 Å². The predicted molar refractivity (Wildman–Crippen MR) is 112 cm³/mol. The summed E-state index contributed by atoms with van der Waals surface area (Å²) in [7, 11) is -0.943. The molecule has 0 aromatic heterocycles. The topological polar surface area (TPSA) is 87.3 Å². The molecule has 0 spiro atoms. The Balaban J connectivity index is 4.52. The monoisotopic (exact) mass is 485 g/mol. The van der Waals surface area contributed by atoms with Crippen molar-refractivity contribution in [3.63, 3.8) is 0 Å². The number of unbranched alkanes of at least 4 members (excludes halogenated alkanes) is 1. The van der Waals surface area contributed by atoms with Crippen molar-refractivity contribution in [2.24, 2.45) is 0 Å². The molecule has 0 aliphatic heterocycles. The minimum atomic E-state index is -0.943. The second-order valence-corrected chi connectivity index (χ2v) is 10.6. The predicted octanol–water partition coefficient (Wildman–Crippen LogP) is 1.35. The number of carbonyl (C=O) groups is 3. The normalized spacial score (nSPS) is 14.7. The number of halogens is 1. The average molecular weight is 485 g/mol. The SMILES string of the molecule is CCC(C)([SiH2]NC(=O)C(CCCCNC(C)=O)NC(C)=O)C(=S)I. The Labute approximate surface area is 165 Å². The van der Waals surface area contributed by atoms with Crippen LogP contribution in [0.1, 0.15) is 53.4 Å². The van der Waals surface area contributed by atoms with E-state index in [9.17, 15) is 14.4 Å². The largest absolute Gasteiger partial charge is 0.385 e. The van der Waals surface area contributed by atoms with E-state index in [-0.39, 0.29) is 22.8 Å². The van der Waals surface area contributed by atoms with Crippen molar-refractivity contribution in [2.75, 3.05) is 6.54 Å². The van der Waals surface area contributed by atoms with Gasteiger partial charge in [0.05, 0.1) is 2.87 Å². The molecular formula is C15H28IN3O3SSi. The molecule has 6 nitrogen and oxygen atoms in total. The molecule has 0 aliphatic carbocycles. The van der Waals surface area contributed by atoms with Crippen LogP contribution >= 0.6 is 34.8 Å². The van der Waals surface area contributed by atoms with Gasteiger partial charge >= 0.3 is 0 Å². The summed E-state index contributed by atoms with van der Waals surface area (Å²) in [5.41, 5.74) is 0. The minimum Gasteiger partial charge on any atom is -0.385 e. The summed E-state index contributed by atoms with van der Waals surface area (Å²) >= 11 is 7.46. The van der Waals surface area contributed by atoms with Crippen molar-refractivity contribution in [3.05, 3.63) is 0 Å². The molecule has 0 fully saturated rings. The van der Waals surface area contributed by atoms with Gasteiger partial charge in [0.25, 0.3) is 0 Å². The molecule has 0 bridgehead atoms. The summed E-state index contributed by atoms with van der Waals surface area (Å²) in [5.74, 6) is -0.421. The van der Waals surface area contributed by atoms with E-state index in [0.717, 1.165) is 22.1 Å². The highest BCUT2D eigenvalue weighted by Gasteiger charge is 2.29. The highest BCUT2D eigenvalue weighted by Crippen LogP contribution is 2.32. The Bertz CT molecular complexity index is 479. The van der Waals surface area contributed by atoms with Crippen LogP contribution in [0, 0.1) is 0 Å². The van der Waals surface area contributed by atoms with E-state index in [1.165, 1.54) is 13.8 Å². The van der Waals surface area contributed by atoms with E-state index in [1.54, 1.807) is 0 Å². The van der Waals surface area contributed by atoms with Crippen LogP contribution in [-0.4, -0.2) is 42.9 Å². The number of amides is 3. The molecule has 2 atom stereocenters. The zero-order chi connectivity index (χ0) is 18.8. The van der Waals surface area contributed by atoms with Gasteiger partial charge in [-0.25, -0.2) is 0 Å². The number of rotatable bonds is 11. The minimum absolute atomic E-state index is 0.0641. The third-order valence-corrected chi connectivity index (χ3v) is 8.83. The van der Waals surface area contributed by atoms with Crippen LogP contribution in [0.25, 0.3) is 0 Å². The lowest BCUT2D eigenvalue weighted by Crippen LogP contribution is -2.49. The lowest BCUT2D eigenvalue weighted by atomic mass is 10.1. The van der Waals surface area contributed by atoms with E-state index < -0.39 is 15.7 Å². The first kappa shape index (κ1) is 23.4. The van der Waals surface area contributed by atoms with Crippen molar-refractivity contribution in [2.45, 2.75) is 64.5 Å². The Hall–Kier alpha value is -0.553. The van der Waals surface area contributed by atoms with Crippen molar-refractivity contribution < 1.29 is 14.4 Å². The first-order chi connectivity index (χ1) is 11.1. The van der Waals surface area contributed by atoms with E-state index >= 15 is 0 Å². The van der Waals surface area contributed by atoms with Gasteiger partial charge in [-0.15, -0.1) is 0 Å². The fraction of sp³-hybridized carbons (Fsp3) is 0.733. The van der Waals surface area contributed by atoms with Gasteiger partial charge in [-0.1, -0.05) is 26.1 Å². The Morgan fingerprint density at radius 1 is 1.21 bits per heavy atom. The zero-order valence-electron chi connectivity index (χ0n) is 14.8. The Morgan fingerprint density at radius 2 is 1.83 bits per heavy atom. The molecular weight excluding hydrogens is 457 g/mol. The van der Waals surface area contributed by atoms with Gasteiger partial charge in [-0.2, -0.15) is 0 Å². The third kappa shape index (κ3) is 9.67. The third-order valence-electron chi connectivity index (χ3n) is 3.90. The van der Waals surface area contributed by atoms with Gasteiger partial charge < -0.3 is 15.6 Å². The quantitative estimate of drug-likeness (QED) is 0.136. The zero-order valence-corrected chi connectivity index (χ0v) is 19.2. The van der Waals surface area contributed by atoms with E-state index in [0.29, 0.717) is 13.0 Å². The number of hydrogen-bond donors (Lipinski definition) is 3. The molecule has 0 aromatic carbocycles. The summed E-state index contributed by atoms with van der Waals surface area (Å²) in [6.07, 6.45) is 2.96. The molecule has 9 heteroatoms. The highest BCUT2D eigenvalue weighted by molar-refractivity contribution is 14.1. The van der Waals surface area contributed by atoms with Crippen molar-refractivity contribution in [1.82, 2.24) is 15.6 Å². The van der Waals surface area contributed by atoms with Crippen molar-refractivity contribution in [3.8, 4) is 0 Å². The average Bonchev–Trinajstić information content (AvgIpc) is 2.49. The molecule has 3 amide bonds. The van der Waals surface area contributed by atoms with Crippen LogP contribution < -0.4 is 15.6 Å². The molecule has 0 saturated heterocycles. The molecule has 0 heterocycles. The summed E-state index contributed by atoms with van der Waals surface area (Å²) in [5, 5.41) is 5.33. The van der Waals surface area contributed by atoms with Gasteiger partial charge in [0, 0.05) is 25.4 Å². The molecule has 0 aliphatic rings. The van der Waals surface area contributed by atoms with E-state index in [1.807, 2.05) is 0 Å². The molecule has 0 radical (unpaired) electrons. The molecule has 0 rings (SSSR count). The summed E-state index contributed by atoms with van der Waals surface area (Å²) in [4.78, 5) is 37.6. The molecule has 2 unspecified atom stereocenters. The van der Waals surface area contributed by atoms with E-state index in [2.05, 4.69) is 52.1 Å². The number of hydrogen-bond acceptors (Lipinski definition) is 4. The van der Waals surface area contributed by atoms with Crippen LogP contribution in [-0.2, 0) is 14.4 Å². The maximum absolute atomic E-state index is 12.4. The summed E-state index contributed by atoms with van der Waals surface area (Å²) in [6, 6.07) is -0.531. The van der Waals surface area contributed by atoms with Crippen LogP contribution in [0.2, 0.25) is 5.04 Å². The molecule has 24 heavy (non-hydrogen) atoms. The maximum Gasteiger partial charge on any atom is 0.234 e. The molecule has 3 N–H and O–H groups in total. The van der Waals surface area contributed by atoms with Gasteiger partial charge in [-0.05, 0) is 48.3 Å². The molecule has 0 aromatic rings. The second kappa shape index (κ2) is 11.9. The first-order valence-corrected chi connectivity index (χ1v) is 11.0. The van der Waals surface area contributed by atoms with Crippen molar-refractivity contribution in [1.29, 1.82) is 0 Å². The first-order valence-electron chi connectivity index (χ1n) is 8.11. The summed E-state index contributed by atoms with van der Waals surface area (Å²) < 4.78 is 0.890. The standard InChI is InChI=1S/C15H28IN3O3SSi/c1-5-15(4,14(16)23)24-19-13(22)12(18-11(3)21)8-6-7-9-17-10(2)20/h12H,5-9,24H2,1-4H3,(H,17,20)(H,18,21)(H,19,22). The van der Waals surface area contributed by atoms with E-state index in [4.69, 9.17) is 12.2 Å². The second-order valence-electron chi connectivity index (χ2n) is 6.14. The van der Waals surface area contributed by atoms with Gasteiger partial charge in [-0.3, -0.25) is 14.4 Å². The van der Waals surface area contributed by atoms with Crippen LogP contribution in [0.3, 0.4) is 0 Å². The lowest BCUT2D eigenvalue weighted by Gasteiger charge is -2.27. The molecule has 138 valence electrons. The number of thiocarbonyl (C=S) groups is 1. The fourth-order valence-electron chi connectivity index (χ4n) is 1.99. The number of carbonyl (C=O) groups excluding carboxylic acids is 3.